The molecule has 16 heavy (non-hydrogen) atoms. The molecule has 0 aromatic rings. The molecule has 0 aliphatic carbocycles. The summed E-state index contributed by atoms with van der Waals surface area (Å²) in [4.78, 5) is 45.3. The zero-order valence-corrected chi connectivity index (χ0v) is 13.1. The van der Waals surface area contributed by atoms with Gasteiger partial charge in [-0.15, -0.1) is 0 Å². The van der Waals surface area contributed by atoms with Crippen molar-refractivity contribution >= 4 is 47.4 Å². The Morgan fingerprint density at radius 3 is 1.00 bits per heavy atom. The van der Waals surface area contributed by atoms with E-state index in [9.17, 15) is 8.42 Å². The van der Waals surface area contributed by atoms with Gasteiger partial charge in [-0.3, -0.25) is 0 Å². The summed E-state index contributed by atoms with van der Waals surface area (Å²) in [6, 6.07) is 0. The summed E-state index contributed by atoms with van der Waals surface area (Å²) < 4.78 is 29.7. The first kappa shape index (κ1) is 22.8. The monoisotopic (exact) mass is 423 g/mol. The molecular weight excluding hydrogens is 414 g/mol. The Hall–Kier alpha value is 1.62. The molecule has 0 aromatic heterocycles. The van der Waals surface area contributed by atoms with Gasteiger partial charge in [0.05, 0.1) is 0 Å². The van der Waals surface area contributed by atoms with Crippen LogP contribution in [0.1, 0.15) is 0 Å². The van der Waals surface area contributed by atoms with E-state index >= 15 is 0 Å². The Bertz CT molecular complexity index is 310. The van der Waals surface area contributed by atoms with Gasteiger partial charge in [-0.2, -0.15) is 0 Å². The second kappa shape index (κ2) is 9.54. The van der Waals surface area contributed by atoms with Crippen LogP contribution >= 0.6 is 13.4 Å². The van der Waals surface area contributed by atoms with Crippen LogP contribution in [0.15, 0.2) is 0 Å². The average Bonchev–Trinajstić information content (AvgIpc) is 1.77. The third kappa shape index (κ3) is 156. The van der Waals surface area contributed by atoms with E-state index in [1.165, 1.54) is 0 Å². The van der Waals surface area contributed by atoms with Crippen LogP contribution in [0, 0.1) is 0 Å². The van der Waals surface area contributed by atoms with E-state index in [2.05, 4.69) is 26.5 Å². The summed E-state index contributed by atoms with van der Waals surface area (Å²) in [7, 11) is -4.16. The molecule has 16 heteroatoms. The van der Waals surface area contributed by atoms with Gasteiger partial charge in [0.15, 0.2) is 0 Å². The van der Waals surface area contributed by atoms with E-state index in [1.54, 1.807) is 0 Å². The molecule has 0 aliphatic heterocycles. The molecule has 0 saturated heterocycles. The van der Waals surface area contributed by atoms with Gasteiger partial charge in [0.25, 0.3) is 0 Å². The summed E-state index contributed by atoms with van der Waals surface area (Å²) in [5, 5.41) is 0. The molecular formula is H7MoO10P2S3. The SMILES string of the molecule is O=S(=O)(O)[O][Mo].OP(O)(O)=S.OP(O)(O)=S. The molecule has 0 aliphatic rings. The van der Waals surface area contributed by atoms with Crippen LogP contribution < -0.4 is 0 Å². The van der Waals surface area contributed by atoms with Gasteiger partial charge in [0, 0.05) is 0 Å². The minimum atomic E-state index is -4.16. The van der Waals surface area contributed by atoms with Crippen molar-refractivity contribution in [1.29, 1.82) is 0 Å². The van der Waals surface area contributed by atoms with Gasteiger partial charge < -0.3 is 29.4 Å². The molecule has 0 saturated carbocycles. The van der Waals surface area contributed by atoms with Gasteiger partial charge in [0.1, 0.15) is 0 Å². The van der Waals surface area contributed by atoms with Crippen LogP contribution in [-0.4, -0.2) is 42.3 Å². The minimum absolute atomic E-state index is 0.808. The molecule has 0 spiro atoms. The van der Waals surface area contributed by atoms with Crippen molar-refractivity contribution in [1.82, 2.24) is 0 Å². The number of hydrogen-bond acceptors (Lipinski definition) is 5. The molecule has 10 nitrogen and oxygen atoms in total. The third-order valence-electron chi connectivity index (χ3n) is 0.0860. The first-order chi connectivity index (χ1) is 6.56. The van der Waals surface area contributed by atoms with Crippen molar-refractivity contribution in [2.24, 2.45) is 0 Å². The first-order valence-electron chi connectivity index (χ1n) is 2.41. The second-order valence-electron chi connectivity index (χ2n) is 1.52. The molecule has 0 rings (SSSR count). The van der Waals surface area contributed by atoms with Gasteiger partial charge in [-0.05, 0) is 23.6 Å². The van der Waals surface area contributed by atoms with Crippen molar-refractivity contribution in [2.45, 2.75) is 0 Å². The Morgan fingerprint density at radius 1 is 0.938 bits per heavy atom. The molecule has 0 amide bonds. The molecule has 0 radical (unpaired) electrons. The topological polar surface area (TPSA) is 185 Å². The number of rotatable bonds is 1. The Labute approximate surface area is 112 Å². The molecule has 0 unspecified atom stereocenters. The predicted molar refractivity (Wildman–Crippen MR) is 54.5 cm³/mol. The molecule has 0 heterocycles. The second-order valence-corrected chi connectivity index (χ2v) is 8.51. The molecule has 101 valence electrons. The zero-order chi connectivity index (χ0) is 14.2. The van der Waals surface area contributed by atoms with Crippen molar-refractivity contribution in [3.63, 3.8) is 0 Å². The van der Waals surface area contributed by atoms with Crippen LogP contribution in [0.4, 0.5) is 0 Å². The van der Waals surface area contributed by atoms with Crippen LogP contribution in [0.2, 0.25) is 0 Å². The van der Waals surface area contributed by atoms with Gasteiger partial charge in [0.2, 0.25) is 0 Å². The summed E-state index contributed by atoms with van der Waals surface area (Å²) >= 11 is 8.02. The largest absolute Gasteiger partial charge is 0.325 e. The number of hydrogen-bond donors (Lipinski definition) is 7. The van der Waals surface area contributed by atoms with Crippen molar-refractivity contribution in [3.8, 4) is 0 Å². The van der Waals surface area contributed by atoms with E-state index in [4.69, 9.17) is 33.9 Å². The Kier molecular flexibility index (Phi) is 13.6. The standard InChI is InChI=1S/Mo.H2O4S.2H3O3PS/c;1-5(2,3)4;2*1-4(2,3)5/h;(H2,1,2,3,4);2*(H3,1,2,3,5)/q+1;;;/p-1. The van der Waals surface area contributed by atoms with Crippen molar-refractivity contribution in [3.05, 3.63) is 0 Å². The fraction of sp³-hybridized carbons (Fsp3) is 0. The van der Waals surface area contributed by atoms with Crippen molar-refractivity contribution < 1.29 is 65.4 Å². The van der Waals surface area contributed by atoms with Gasteiger partial charge >= 0.3 is 59.8 Å². The van der Waals surface area contributed by atoms with Crippen LogP contribution in [0.5, 0.6) is 0 Å². The zero-order valence-electron chi connectivity index (χ0n) is 6.88. The van der Waals surface area contributed by atoms with Crippen LogP contribution in [0.25, 0.3) is 0 Å². The van der Waals surface area contributed by atoms with E-state index < -0.39 is 23.8 Å². The predicted octanol–water partition coefficient (Wildman–Crippen LogP) is -2.36. The molecule has 0 atom stereocenters. The summed E-state index contributed by atoms with van der Waals surface area (Å²) in [6.07, 6.45) is 0. The molecule has 0 fully saturated rings. The Morgan fingerprint density at radius 2 is 1.00 bits per heavy atom. The maximum atomic E-state index is 9.34. The van der Waals surface area contributed by atoms with Gasteiger partial charge in [-0.25, -0.2) is 0 Å². The smallest absolute Gasteiger partial charge is 0.319 e. The Balaban J connectivity index is -0.000000160. The summed E-state index contributed by atoms with van der Waals surface area (Å²) in [5.41, 5.74) is 0. The van der Waals surface area contributed by atoms with Gasteiger partial charge in [-0.1, -0.05) is 0 Å². The maximum absolute atomic E-state index is 9.34. The van der Waals surface area contributed by atoms with E-state index in [0.29, 0.717) is 0 Å². The fourth-order valence-electron chi connectivity index (χ4n) is 0. The van der Waals surface area contributed by atoms with E-state index in [1.807, 2.05) is 0 Å². The average molecular weight is 421 g/mol. The van der Waals surface area contributed by atoms with Crippen LogP contribution in [0.3, 0.4) is 0 Å². The van der Waals surface area contributed by atoms with Crippen molar-refractivity contribution in [2.75, 3.05) is 0 Å². The normalized spacial score (nSPS) is 11.7. The summed E-state index contributed by atoms with van der Waals surface area (Å²) in [5.74, 6) is 0. The van der Waals surface area contributed by atoms with E-state index in [-0.39, 0.29) is 0 Å². The quantitative estimate of drug-likeness (QED) is 0.136. The fourth-order valence-corrected chi connectivity index (χ4v) is 0. The first-order valence-corrected chi connectivity index (χ1v) is 9.92. The van der Waals surface area contributed by atoms with Crippen LogP contribution in [-0.2, 0) is 57.0 Å². The maximum Gasteiger partial charge on any atom is 0.319 e. The molecule has 0 aromatic carbocycles. The molecule has 7 N–H and O–H groups in total. The minimum Gasteiger partial charge on any atom is -0.325 e. The molecule has 0 bridgehead atoms. The third-order valence-corrected chi connectivity index (χ3v) is 1.53. The van der Waals surface area contributed by atoms with E-state index in [0.717, 1.165) is 20.2 Å². The summed E-state index contributed by atoms with van der Waals surface area (Å²) in [6.45, 7) is -7.61.